The lowest BCUT2D eigenvalue weighted by Gasteiger charge is -2.07. The number of rotatable bonds is 11. The van der Waals surface area contributed by atoms with Crippen LogP contribution in [0.2, 0.25) is 0 Å². The summed E-state index contributed by atoms with van der Waals surface area (Å²) in [5.41, 5.74) is 6.55. The molecule has 1 amide bonds. The SMILES string of the molecule is CC(=O)NCCOCCOCCNCc1c[nH]c2nc(N)[nH]c(=O)c12. The number of hydrogen-bond acceptors (Lipinski definition) is 7. The number of anilines is 1. The van der Waals surface area contributed by atoms with Gasteiger partial charge in [0.15, 0.2) is 0 Å². The van der Waals surface area contributed by atoms with Gasteiger partial charge in [-0.15, -0.1) is 0 Å². The Balaban J connectivity index is 1.57. The van der Waals surface area contributed by atoms with Crippen LogP contribution in [-0.4, -0.2) is 60.4 Å². The molecule has 0 aliphatic rings. The van der Waals surface area contributed by atoms with Gasteiger partial charge in [-0.1, -0.05) is 0 Å². The average Bonchev–Trinajstić information content (AvgIpc) is 2.95. The fourth-order valence-corrected chi connectivity index (χ4v) is 2.25. The summed E-state index contributed by atoms with van der Waals surface area (Å²) in [5.74, 6) is 0.0221. The highest BCUT2D eigenvalue weighted by Crippen LogP contribution is 2.11. The third-order valence-electron chi connectivity index (χ3n) is 3.37. The van der Waals surface area contributed by atoms with E-state index in [0.29, 0.717) is 57.1 Å². The molecule has 6 N–H and O–H groups in total. The molecule has 25 heavy (non-hydrogen) atoms. The van der Waals surface area contributed by atoms with Gasteiger partial charge in [0.2, 0.25) is 11.9 Å². The van der Waals surface area contributed by atoms with Gasteiger partial charge in [-0.3, -0.25) is 14.6 Å². The lowest BCUT2D eigenvalue weighted by molar-refractivity contribution is -0.119. The van der Waals surface area contributed by atoms with Gasteiger partial charge >= 0.3 is 0 Å². The first-order valence-electron chi connectivity index (χ1n) is 8.04. The summed E-state index contributed by atoms with van der Waals surface area (Å²) in [6, 6.07) is 0. The lowest BCUT2D eigenvalue weighted by Crippen LogP contribution is -2.25. The van der Waals surface area contributed by atoms with E-state index in [1.54, 1.807) is 6.20 Å². The van der Waals surface area contributed by atoms with E-state index in [1.807, 2.05) is 0 Å². The van der Waals surface area contributed by atoms with Crippen LogP contribution >= 0.6 is 0 Å². The summed E-state index contributed by atoms with van der Waals surface area (Å²) in [4.78, 5) is 32.0. The molecule has 0 bridgehead atoms. The van der Waals surface area contributed by atoms with Crippen LogP contribution in [0.1, 0.15) is 12.5 Å². The molecule has 10 heteroatoms. The van der Waals surface area contributed by atoms with Crippen LogP contribution in [0.15, 0.2) is 11.0 Å². The minimum absolute atomic E-state index is 0.0673. The van der Waals surface area contributed by atoms with Crippen molar-refractivity contribution in [3.63, 3.8) is 0 Å². The van der Waals surface area contributed by atoms with Crippen LogP contribution in [0.25, 0.3) is 11.0 Å². The van der Waals surface area contributed by atoms with E-state index in [1.165, 1.54) is 6.92 Å². The average molecular weight is 352 g/mol. The summed E-state index contributed by atoms with van der Waals surface area (Å²) >= 11 is 0. The Morgan fingerprint density at radius 3 is 2.68 bits per heavy atom. The van der Waals surface area contributed by atoms with Gasteiger partial charge in [0.05, 0.1) is 31.8 Å². The Hall–Kier alpha value is -2.43. The van der Waals surface area contributed by atoms with Gasteiger partial charge in [-0.2, -0.15) is 4.98 Å². The molecule has 2 aromatic heterocycles. The van der Waals surface area contributed by atoms with Crippen molar-refractivity contribution in [3.05, 3.63) is 22.1 Å². The number of carbonyl (C=O) groups excluding carboxylic acids is 1. The molecule has 0 atom stereocenters. The summed E-state index contributed by atoms with van der Waals surface area (Å²) in [6.07, 6.45) is 1.74. The molecule has 2 aromatic rings. The van der Waals surface area contributed by atoms with Crippen molar-refractivity contribution in [2.24, 2.45) is 0 Å². The number of fused-ring (bicyclic) bond motifs is 1. The summed E-state index contributed by atoms with van der Waals surface area (Å²) < 4.78 is 10.7. The molecular weight excluding hydrogens is 328 g/mol. The molecule has 2 heterocycles. The van der Waals surface area contributed by atoms with E-state index < -0.39 is 0 Å². The highest BCUT2D eigenvalue weighted by molar-refractivity contribution is 5.79. The van der Waals surface area contributed by atoms with Crippen molar-refractivity contribution < 1.29 is 14.3 Å². The molecule has 2 rings (SSSR count). The topological polar surface area (TPSA) is 147 Å². The molecule has 0 saturated carbocycles. The number of carbonyl (C=O) groups is 1. The van der Waals surface area contributed by atoms with E-state index in [0.717, 1.165) is 5.56 Å². The van der Waals surface area contributed by atoms with Crippen molar-refractivity contribution in [1.82, 2.24) is 25.6 Å². The number of aromatic nitrogens is 3. The second-order valence-corrected chi connectivity index (χ2v) is 5.37. The van der Waals surface area contributed by atoms with Crippen LogP contribution in [0.3, 0.4) is 0 Å². The molecule has 10 nitrogen and oxygen atoms in total. The Labute approximate surface area is 144 Å². The summed E-state index contributed by atoms with van der Waals surface area (Å²) in [7, 11) is 0. The van der Waals surface area contributed by atoms with E-state index in [4.69, 9.17) is 15.2 Å². The number of nitrogens with zero attached hydrogens (tertiary/aromatic N) is 1. The molecule has 0 spiro atoms. The maximum atomic E-state index is 11.9. The summed E-state index contributed by atoms with van der Waals surface area (Å²) in [6.45, 7) is 5.08. The lowest BCUT2D eigenvalue weighted by atomic mass is 10.2. The van der Waals surface area contributed by atoms with Crippen LogP contribution in [0.4, 0.5) is 5.95 Å². The van der Waals surface area contributed by atoms with Gasteiger partial charge in [0, 0.05) is 32.8 Å². The zero-order valence-corrected chi connectivity index (χ0v) is 14.2. The van der Waals surface area contributed by atoms with Crippen molar-refractivity contribution in [2.75, 3.05) is 45.3 Å². The predicted octanol–water partition coefficient (Wildman–Crippen LogP) is -0.908. The summed E-state index contributed by atoms with van der Waals surface area (Å²) in [5, 5.41) is 6.35. The fraction of sp³-hybridized carbons (Fsp3) is 0.533. The predicted molar refractivity (Wildman–Crippen MR) is 93.2 cm³/mol. The molecule has 138 valence electrons. The molecule has 0 aromatic carbocycles. The number of ether oxygens (including phenoxy) is 2. The van der Waals surface area contributed by atoms with Gasteiger partial charge in [0.1, 0.15) is 5.65 Å². The maximum absolute atomic E-state index is 11.9. The number of H-pyrrole nitrogens is 2. The largest absolute Gasteiger partial charge is 0.378 e. The molecular formula is C15H24N6O4. The van der Waals surface area contributed by atoms with Crippen molar-refractivity contribution in [1.29, 1.82) is 0 Å². The third-order valence-corrected chi connectivity index (χ3v) is 3.37. The van der Waals surface area contributed by atoms with Gasteiger partial charge in [-0.25, -0.2) is 0 Å². The maximum Gasteiger partial charge on any atom is 0.262 e. The second kappa shape index (κ2) is 9.77. The number of nitrogens with two attached hydrogens (primary N) is 1. The monoisotopic (exact) mass is 352 g/mol. The van der Waals surface area contributed by atoms with E-state index in [-0.39, 0.29) is 17.4 Å². The zero-order chi connectivity index (χ0) is 18.1. The number of nitrogens with one attached hydrogen (secondary N) is 4. The third kappa shape index (κ3) is 6.18. The van der Waals surface area contributed by atoms with Crippen LogP contribution in [0.5, 0.6) is 0 Å². The Kier molecular flexibility index (Phi) is 7.38. The second-order valence-electron chi connectivity index (χ2n) is 5.37. The Morgan fingerprint density at radius 2 is 1.96 bits per heavy atom. The zero-order valence-electron chi connectivity index (χ0n) is 14.2. The van der Waals surface area contributed by atoms with Crippen molar-refractivity contribution in [3.8, 4) is 0 Å². The first-order valence-corrected chi connectivity index (χ1v) is 8.04. The van der Waals surface area contributed by atoms with E-state index in [2.05, 4.69) is 25.6 Å². The van der Waals surface area contributed by atoms with Crippen molar-refractivity contribution >= 4 is 22.9 Å². The number of aromatic amines is 2. The Morgan fingerprint density at radius 1 is 1.24 bits per heavy atom. The van der Waals surface area contributed by atoms with Gasteiger partial charge in [0.25, 0.3) is 5.56 Å². The first-order chi connectivity index (χ1) is 12.1. The smallest absolute Gasteiger partial charge is 0.262 e. The minimum atomic E-state index is -0.256. The first kappa shape index (κ1) is 18.9. The van der Waals surface area contributed by atoms with Gasteiger partial charge < -0.3 is 30.8 Å². The highest BCUT2D eigenvalue weighted by Gasteiger charge is 2.09. The number of hydrogen-bond donors (Lipinski definition) is 5. The standard InChI is InChI=1S/C15H24N6O4/c1-10(22)18-3-5-25-7-6-24-4-2-17-8-11-9-19-13-12(11)14(23)21-15(16)20-13/h9,17H,2-8H2,1H3,(H,18,22)(H4,16,19,20,21,23). The molecule has 0 saturated heterocycles. The highest BCUT2D eigenvalue weighted by atomic mass is 16.5. The molecule has 0 fully saturated rings. The Bertz CT molecular complexity index is 741. The minimum Gasteiger partial charge on any atom is -0.378 e. The number of amides is 1. The quantitative estimate of drug-likeness (QED) is 0.329. The molecule has 0 unspecified atom stereocenters. The fourth-order valence-electron chi connectivity index (χ4n) is 2.25. The normalized spacial score (nSPS) is 11.1. The number of nitrogen functional groups attached to an aromatic ring is 1. The molecule has 0 radical (unpaired) electrons. The van der Waals surface area contributed by atoms with Crippen LogP contribution in [-0.2, 0) is 20.8 Å². The van der Waals surface area contributed by atoms with Crippen LogP contribution in [0, 0.1) is 0 Å². The van der Waals surface area contributed by atoms with E-state index in [9.17, 15) is 9.59 Å². The van der Waals surface area contributed by atoms with Crippen LogP contribution < -0.4 is 21.9 Å². The van der Waals surface area contributed by atoms with E-state index >= 15 is 0 Å². The van der Waals surface area contributed by atoms with Crippen molar-refractivity contribution in [2.45, 2.75) is 13.5 Å². The van der Waals surface area contributed by atoms with Gasteiger partial charge in [-0.05, 0) is 5.56 Å². The molecule has 0 aliphatic carbocycles. The molecule has 0 aliphatic heterocycles.